The van der Waals surface area contributed by atoms with Gasteiger partial charge in [0.1, 0.15) is 16.5 Å². The molecule has 0 radical (unpaired) electrons. The van der Waals surface area contributed by atoms with Crippen molar-refractivity contribution in [3.8, 4) is 11.5 Å². The van der Waals surface area contributed by atoms with Crippen molar-refractivity contribution in [2.24, 2.45) is 0 Å². The Bertz CT molecular complexity index is 601. The van der Waals surface area contributed by atoms with Gasteiger partial charge in [-0.1, -0.05) is 29.9 Å². The van der Waals surface area contributed by atoms with Crippen LogP contribution in [0.2, 0.25) is 5.02 Å². The zero-order valence-corrected chi connectivity index (χ0v) is 10.8. The summed E-state index contributed by atoms with van der Waals surface area (Å²) in [5.41, 5.74) is 1.18. The Balaban J connectivity index is 2.22. The molecule has 0 aliphatic rings. The summed E-state index contributed by atoms with van der Waals surface area (Å²) in [5.74, 6) is -0.0867. The number of halogens is 1. The summed E-state index contributed by atoms with van der Waals surface area (Å²) >= 11 is 11.0. The van der Waals surface area contributed by atoms with Crippen LogP contribution in [0.3, 0.4) is 0 Å². The smallest absolute Gasteiger partial charge is 0.129 e. The van der Waals surface area contributed by atoms with Crippen molar-refractivity contribution in [3.05, 3.63) is 53.1 Å². The molecule has 0 amide bonds. The molecule has 0 saturated carbocycles. The number of hydrogen-bond acceptors (Lipinski definition) is 3. The first kappa shape index (κ1) is 12.7. The fraction of sp³-hybridized carbons (Fsp3) is 0. The second-order valence-corrected chi connectivity index (χ2v) is 4.51. The minimum absolute atomic E-state index is 0.0122. The molecule has 0 atom stereocenters. The molecular weight excluding hydrogens is 270 g/mol. The van der Waals surface area contributed by atoms with Crippen molar-refractivity contribution in [1.82, 2.24) is 0 Å². The first-order chi connectivity index (χ1) is 8.56. The molecule has 0 unspecified atom stereocenters. The largest absolute Gasteiger partial charge is 0.508 e. The highest BCUT2D eigenvalue weighted by molar-refractivity contribution is 7.81. The fourth-order valence-corrected chi connectivity index (χ4v) is 1.96. The topological polar surface area (TPSA) is 52.5 Å². The minimum Gasteiger partial charge on any atom is -0.508 e. The summed E-state index contributed by atoms with van der Waals surface area (Å²) in [6.07, 6.45) is 0. The quantitative estimate of drug-likeness (QED) is 0.736. The van der Waals surface area contributed by atoms with Gasteiger partial charge in [-0.25, -0.2) is 0 Å². The molecule has 2 aromatic rings. The molecule has 0 bridgehead atoms. The summed E-state index contributed by atoms with van der Waals surface area (Å²) in [6, 6.07) is 11.3. The molecule has 0 aliphatic heterocycles. The molecule has 3 N–H and O–H groups in total. The third kappa shape index (κ3) is 2.91. The fourth-order valence-electron chi connectivity index (χ4n) is 1.48. The van der Waals surface area contributed by atoms with Gasteiger partial charge in [0, 0.05) is 16.8 Å². The summed E-state index contributed by atoms with van der Waals surface area (Å²) in [4.78, 5) is 0.356. The third-order valence-electron chi connectivity index (χ3n) is 2.31. The second-order valence-electron chi connectivity index (χ2n) is 3.67. The lowest BCUT2D eigenvalue weighted by Crippen LogP contribution is -2.10. The molecule has 5 heteroatoms. The highest BCUT2D eigenvalue weighted by Crippen LogP contribution is 2.24. The average molecular weight is 280 g/mol. The molecule has 2 aromatic carbocycles. The predicted octanol–water partition coefficient (Wildman–Crippen LogP) is 3.54. The zero-order chi connectivity index (χ0) is 13.1. The van der Waals surface area contributed by atoms with E-state index in [2.05, 4.69) is 5.32 Å². The number of nitrogens with one attached hydrogen (secondary N) is 1. The van der Waals surface area contributed by atoms with Crippen molar-refractivity contribution in [2.45, 2.75) is 0 Å². The predicted molar refractivity (Wildman–Crippen MR) is 76.5 cm³/mol. The van der Waals surface area contributed by atoms with E-state index in [0.717, 1.165) is 5.69 Å². The molecule has 0 heterocycles. The lowest BCUT2D eigenvalue weighted by atomic mass is 10.2. The van der Waals surface area contributed by atoms with Gasteiger partial charge in [0.2, 0.25) is 0 Å². The van der Waals surface area contributed by atoms with E-state index in [1.165, 1.54) is 12.1 Å². The van der Waals surface area contributed by atoms with E-state index >= 15 is 0 Å². The second kappa shape index (κ2) is 5.25. The molecule has 0 aliphatic carbocycles. The van der Waals surface area contributed by atoms with Crippen LogP contribution in [0, 0.1) is 0 Å². The maximum atomic E-state index is 9.68. The Kier molecular flexibility index (Phi) is 3.69. The highest BCUT2D eigenvalue weighted by atomic mass is 35.5. The lowest BCUT2D eigenvalue weighted by molar-refractivity contribution is 0.450. The Morgan fingerprint density at radius 1 is 1.11 bits per heavy atom. The Morgan fingerprint density at radius 2 is 1.89 bits per heavy atom. The maximum absolute atomic E-state index is 9.68. The number of anilines is 1. The lowest BCUT2D eigenvalue weighted by Gasteiger charge is -2.10. The third-order valence-corrected chi connectivity index (χ3v) is 2.87. The van der Waals surface area contributed by atoms with Gasteiger partial charge < -0.3 is 15.5 Å². The zero-order valence-electron chi connectivity index (χ0n) is 9.22. The number of phenolic OH excluding ortho intramolecular Hbond substituents is 2. The molecule has 0 spiro atoms. The van der Waals surface area contributed by atoms with Crippen LogP contribution in [0.15, 0.2) is 42.5 Å². The van der Waals surface area contributed by atoms with E-state index in [1.807, 2.05) is 6.07 Å². The Hall–Kier alpha value is -1.78. The van der Waals surface area contributed by atoms with Crippen LogP contribution in [0.25, 0.3) is 0 Å². The van der Waals surface area contributed by atoms with Gasteiger partial charge in [0.25, 0.3) is 0 Å². The number of benzene rings is 2. The molecular formula is C13H10ClNO2S. The van der Waals surface area contributed by atoms with Crippen LogP contribution in [0.4, 0.5) is 5.69 Å². The summed E-state index contributed by atoms with van der Waals surface area (Å²) < 4.78 is 0. The van der Waals surface area contributed by atoms with Crippen molar-refractivity contribution in [2.75, 3.05) is 5.32 Å². The van der Waals surface area contributed by atoms with Crippen molar-refractivity contribution in [3.63, 3.8) is 0 Å². The number of aromatic hydroxyl groups is 2. The van der Waals surface area contributed by atoms with Crippen molar-refractivity contribution < 1.29 is 10.2 Å². The first-order valence-electron chi connectivity index (χ1n) is 5.15. The minimum atomic E-state index is -0.0745. The molecule has 0 saturated heterocycles. The summed E-state index contributed by atoms with van der Waals surface area (Å²) in [6.45, 7) is 0. The number of rotatable bonds is 2. The Labute approximate surface area is 115 Å². The molecule has 18 heavy (non-hydrogen) atoms. The van der Waals surface area contributed by atoms with E-state index in [0.29, 0.717) is 15.6 Å². The summed E-state index contributed by atoms with van der Waals surface area (Å²) in [7, 11) is 0. The van der Waals surface area contributed by atoms with Crippen LogP contribution >= 0.6 is 23.8 Å². The Morgan fingerprint density at radius 3 is 2.56 bits per heavy atom. The van der Waals surface area contributed by atoms with Crippen LogP contribution in [-0.2, 0) is 0 Å². The van der Waals surface area contributed by atoms with E-state index in [4.69, 9.17) is 23.8 Å². The summed E-state index contributed by atoms with van der Waals surface area (Å²) in [5, 5.41) is 22.4. The van der Waals surface area contributed by atoms with Crippen molar-refractivity contribution in [1.29, 1.82) is 0 Å². The van der Waals surface area contributed by atoms with Gasteiger partial charge in [-0.2, -0.15) is 0 Å². The van der Waals surface area contributed by atoms with Crippen LogP contribution in [0.1, 0.15) is 5.56 Å². The average Bonchev–Trinajstić information content (AvgIpc) is 2.28. The molecule has 2 rings (SSSR count). The van der Waals surface area contributed by atoms with Crippen molar-refractivity contribution >= 4 is 34.5 Å². The van der Waals surface area contributed by atoms with Crippen LogP contribution in [0.5, 0.6) is 11.5 Å². The van der Waals surface area contributed by atoms with Gasteiger partial charge in [0.15, 0.2) is 0 Å². The SMILES string of the molecule is Oc1ccc(C(=S)Nc2cccc(Cl)c2)c(O)c1. The molecule has 3 nitrogen and oxygen atoms in total. The molecule has 0 fully saturated rings. The van der Waals surface area contributed by atoms with Gasteiger partial charge in [0.05, 0.1) is 5.56 Å². The van der Waals surface area contributed by atoms with Gasteiger partial charge in [-0.05, 0) is 30.3 Å². The normalized spacial score (nSPS) is 10.1. The number of thiocarbonyl (C=S) groups is 1. The van der Waals surface area contributed by atoms with Gasteiger partial charge in [-0.3, -0.25) is 0 Å². The van der Waals surface area contributed by atoms with Gasteiger partial charge in [-0.15, -0.1) is 0 Å². The number of hydrogen-bond donors (Lipinski definition) is 3. The van der Waals surface area contributed by atoms with E-state index in [-0.39, 0.29) is 11.5 Å². The van der Waals surface area contributed by atoms with Crippen LogP contribution < -0.4 is 5.32 Å². The van der Waals surface area contributed by atoms with Crippen LogP contribution in [-0.4, -0.2) is 15.2 Å². The number of phenols is 2. The van der Waals surface area contributed by atoms with E-state index in [9.17, 15) is 10.2 Å². The molecule has 0 aromatic heterocycles. The van der Waals surface area contributed by atoms with E-state index in [1.54, 1.807) is 24.3 Å². The highest BCUT2D eigenvalue weighted by Gasteiger charge is 2.08. The monoisotopic (exact) mass is 279 g/mol. The van der Waals surface area contributed by atoms with E-state index < -0.39 is 0 Å². The maximum Gasteiger partial charge on any atom is 0.129 e. The standard InChI is InChI=1S/C13H10ClNO2S/c14-8-2-1-3-9(6-8)15-13(18)11-5-4-10(16)7-12(11)17/h1-7,16-17H,(H,15,18). The van der Waals surface area contributed by atoms with Gasteiger partial charge >= 0.3 is 0 Å². The first-order valence-corrected chi connectivity index (χ1v) is 5.94. The molecule has 92 valence electrons.